The van der Waals surface area contributed by atoms with E-state index in [9.17, 15) is 9.90 Å². The zero-order chi connectivity index (χ0) is 15.6. The zero-order valence-electron chi connectivity index (χ0n) is 12.4. The molecule has 0 spiro atoms. The third kappa shape index (κ3) is 3.01. The maximum atomic E-state index is 11.3. The molecule has 0 amide bonds. The Hall–Kier alpha value is -2.44. The number of nitrogens with zero attached hydrogens (tertiary/aromatic N) is 4. The summed E-state index contributed by atoms with van der Waals surface area (Å²) in [5, 5.41) is 20.6. The minimum absolute atomic E-state index is 0.0899. The average Bonchev–Trinajstić information content (AvgIpc) is 2.88. The van der Waals surface area contributed by atoms with Crippen molar-refractivity contribution in [1.29, 1.82) is 0 Å². The number of hydrogen-bond acceptors (Lipinski definition) is 5. The van der Waals surface area contributed by atoms with Crippen LogP contribution in [0.4, 0.5) is 0 Å². The van der Waals surface area contributed by atoms with E-state index < -0.39 is 11.5 Å². The number of carboxylic acid groups (broad SMARTS) is 1. The van der Waals surface area contributed by atoms with Crippen molar-refractivity contribution in [2.24, 2.45) is 0 Å². The van der Waals surface area contributed by atoms with E-state index in [0.717, 1.165) is 11.3 Å². The van der Waals surface area contributed by atoms with Crippen molar-refractivity contribution in [3.8, 4) is 17.1 Å². The predicted molar refractivity (Wildman–Crippen MR) is 76.0 cm³/mol. The number of carboxylic acids is 1. The number of aliphatic carboxylic acids is 1. The zero-order valence-corrected chi connectivity index (χ0v) is 12.4. The second kappa shape index (κ2) is 5.51. The first-order chi connectivity index (χ1) is 9.82. The van der Waals surface area contributed by atoms with Gasteiger partial charge in [0.05, 0.1) is 6.10 Å². The molecule has 0 atom stereocenters. The molecule has 0 fully saturated rings. The maximum absolute atomic E-state index is 11.3. The van der Waals surface area contributed by atoms with E-state index in [1.54, 1.807) is 26.0 Å². The van der Waals surface area contributed by atoms with Crippen LogP contribution in [-0.4, -0.2) is 37.4 Å². The average molecular weight is 290 g/mol. The van der Waals surface area contributed by atoms with E-state index in [1.807, 2.05) is 26.0 Å². The standard InChI is InChI=1S/C14H18N4O3/c1-9(2)21-11-7-5-10(6-8-11)12-15-16-17-18(12)14(3,4)13(19)20/h5-9H,1-4H3,(H,19,20). The Morgan fingerprint density at radius 1 is 1.29 bits per heavy atom. The van der Waals surface area contributed by atoms with Crippen LogP contribution in [-0.2, 0) is 10.3 Å². The minimum atomic E-state index is -1.23. The molecule has 0 aliphatic rings. The topological polar surface area (TPSA) is 90.1 Å². The SMILES string of the molecule is CC(C)Oc1ccc(-c2nnnn2C(C)(C)C(=O)O)cc1. The molecule has 0 saturated heterocycles. The van der Waals surface area contributed by atoms with Crippen molar-refractivity contribution in [3.63, 3.8) is 0 Å². The minimum Gasteiger partial charge on any atom is -0.491 e. The molecule has 21 heavy (non-hydrogen) atoms. The number of tetrazole rings is 1. The maximum Gasteiger partial charge on any atom is 0.331 e. The highest BCUT2D eigenvalue weighted by molar-refractivity contribution is 5.76. The summed E-state index contributed by atoms with van der Waals surface area (Å²) < 4.78 is 6.87. The number of hydrogen-bond donors (Lipinski definition) is 1. The summed E-state index contributed by atoms with van der Waals surface area (Å²) in [6, 6.07) is 7.22. The molecule has 7 nitrogen and oxygen atoms in total. The molecule has 0 bridgehead atoms. The quantitative estimate of drug-likeness (QED) is 0.905. The van der Waals surface area contributed by atoms with Gasteiger partial charge in [-0.2, -0.15) is 0 Å². The van der Waals surface area contributed by atoms with Crippen LogP contribution in [0.5, 0.6) is 5.75 Å². The molecule has 0 saturated carbocycles. The van der Waals surface area contributed by atoms with E-state index in [1.165, 1.54) is 4.68 Å². The first kappa shape index (κ1) is 15.0. The van der Waals surface area contributed by atoms with Gasteiger partial charge in [0.2, 0.25) is 0 Å². The molecular weight excluding hydrogens is 272 g/mol. The third-order valence-electron chi connectivity index (χ3n) is 3.01. The summed E-state index contributed by atoms with van der Waals surface area (Å²) in [6.07, 6.45) is 0.0899. The first-order valence-corrected chi connectivity index (χ1v) is 6.61. The van der Waals surface area contributed by atoms with E-state index in [2.05, 4.69) is 15.5 Å². The Labute approximate surface area is 122 Å². The highest BCUT2D eigenvalue weighted by atomic mass is 16.5. The van der Waals surface area contributed by atoms with E-state index in [0.29, 0.717) is 5.82 Å². The summed E-state index contributed by atoms with van der Waals surface area (Å²) in [4.78, 5) is 11.3. The molecule has 1 N–H and O–H groups in total. The molecular formula is C14H18N4O3. The van der Waals surface area contributed by atoms with Crippen molar-refractivity contribution < 1.29 is 14.6 Å². The number of benzene rings is 1. The van der Waals surface area contributed by atoms with Gasteiger partial charge < -0.3 is 9.84 Å². The van der Waals surface area contributed by atoms with Crippen LogP contribution < -0.4 is 4.74 Å². The molecule has 1 aromatic carbocycles. The summed E-state index contributed by atoms with van der Waals surface area (Å²) >= 11 is 0. The second-order valence-corrected chi connectivity index (χ2v) is 5.47. The molecule has 1 aromatic heterocycles. The van der Waals surface area contributed by atoms with Gasteiger partial charge >= 0.3 is 5.97 Å². The van der Waals surface area contributed by atoms with Gasteiger partial charge in [-0.3, -0.25) is 0 Å². The molecule has 0 aliphatic carbocycles. The van der Waals surface area contributed by atoms with E-state index in [4.69, 9.17) is 4.74 Å². The lowest BCUT2D eigenvalue weighted by molar-refractivity contribution is -0.146. The molecule has 7 heteroatoms. The predicted octanol–water partition coefficient (Wildman–Crippen LogP) is 1.95. The van der Waals surface area contributed by atoms with Gasteiger partial charge in [-0.05, 0) is 62.4 Å². The van der Waals surface area contributed by atoms with Gasteiger partial charge in [-0.1, -0.05) is 0 Å². The lowest BCUT2D eigenvalue weighted by Gasteiger charge is -2.20. The normalized spacial score (nSPS) is 11.7. The molecule has 1 heterocycles. The lowest BCUT2D eigenvalue weighted by atomic mass is 10.1. The fraction of sp³-hybridized carbons (Fsp3) is 0.429. The van der Waals surface area contributed by atoms with E-state index >= 15 is 0 Å². The van der Waals surface area contributed by atoms with Crippen molar-refractivity contribution in [3.05, 3.63) is 24.3 Å². The Kier molecular flexibility index (Phi) is 3.93. The first-order valence-electron chi connectivity index (χ1n) is 6.61. The molecule has 2 aromatic rings. The highest BCUT2D eigenvalue weighted by Crippen LogP contribution is 2.25. The molecule has 0 unspecified atom stereocenters. The number of rotatable bonds is 5. The Morgan fingerprint density at radius 3 is 2.43 bits per heavy atom. The van der Waals surface area contributed by atoms with Crippen molar-refractivity contribution in [1.82, 2.24) is 20.2 Å². The molecule has 0 radical (unpaired) electrons. The van der Waals surface area contributed by atoms with Crippen LogP contribution in [0.3, 0.4) is 0 Å². The number of aromatic nitrogens is 4. The highest BCUT2D eigenvalue weighted by Gasteiger charge is 2.33. The van der Waals surface area contributed by atoms with Crippen LogP contribution >= 0.6 is 0 Å². The fourth-order valence-corrected chi connectivity index (χ4v) is 1.79. The van der Waals surface area contributed by atoms with Gasteiger partial charge in [0.1, 0.15) is 5.75 Å². The molecule has 2 rings (SSSR count). The van der Waals surface area contributed by atoms with Crippen LogP contribution in [0.15, 0.2) is 24.3 Å². The van der Waals surface area contributed by atoms with Crippen LogP contribution in [0.2, 0.25) is 0 Å². The molecule has 112 valence electrons. The number of carbonyl (C=O) groups is 1. The van der Waals surface area contributed by atoms with Crippen molar-refractivity contribution in [2.75, 3.05) is 0 Å². The van der Waals surface area contributed by atoms with Gasteiger partial charge in [-0.25, -0.2) is 9.48 Å². The van der Waals surface area contributed by atoms with Gasteiger partial charge in [0.15, 0.2) is 11.4 Å². The van der Waals surface area contributed by atoms with Gasteiger partial charge in [-0.15, -0.1) is 5.10 Å². The largest absolute Gasteiger partial charge is 0.491 e. The van der Waals surface area contributed by atoms with Crippen LogP contribution in [0, 0.1) is 0 Å². The van der Waals surface area contributed by atoms with E-state index in [-0.39, 0.29) is 6.10 Å². The lowest BCUT2D eigenvalue weighted by Crippen LogP contribution is -2.37. The van der Waals surface area contributed by atoms with Crippen LogP contribution in [0.1, 0.15) is 27.7 Å². The summed E-state index contributed by atoms with van der Waals surface area (Å²) in [5.74, 6) is 0.138. The monoisotopic (exact) mass is 290 g/mol. The fourth-order valence-electron chi connectivity index (χ4n) is 1.79. The smallest absolute Gasteiger partial charge is 0.331 e. The van der Waals surface area contributed by atoms with Gasteiger partial charge in [0, 0.05) is 5.56 Å². The molecule has 0 aliphatic heterocycles. The summed E-state index contributed by atoms with van der Waals surface area (Å²) in [6.45, 7) is 6.99. The third-order valence-corrected chi connectivity index (χ3v) is 3.01. The Morgan fingerprint density at radius 2 is 1.90 bits per heavy atom. The number of ether oxygens (including phenoxy) is 1. The second-order valence-electron chi connectivity index (χ2n) is 5.47. The summed E-state index contributed by atoms with van der Waals surface area (Å²) in [5.41, 5.74) is -0.503. The van der Waals surface area contributed by atoms with Crippen LogP contribution in [0.25, 0.3) is 11.4 Å². The summed E-state index contributed by atoms with van der Waals surface area (Å²) in [7, 11) is 0. The Balaban J connectivity index is 2.36. The Bertz CT molecular complexity index is 632. The van der Waals surface area contributed by atoms with Crippen molar-refractivity contribution in [2.45, 2.75) is 39.3 Å². The van der Waals surface area contributed by atoms with Gasteiger partial charge in [0.25, 0.3) is 0 Å². The van der Waals surface area contributed by atoms with Crippen molar-refractivity contribution >= 4 is 5.97 Å².